The number of carbonyl (C=O) groups excluding carboxylic acids is 2. The largest absolute Gasteiger partial charge is 0.468 e. The van der Waals surface area contributed by atoms with Crippen LogP contribution in [0.2, 0.25) is 0 Å². The average Bonchev–Trinajstić information content (AvgIpc) is 3.41. The highest BCUT2D eigenvalue weighted by molar-refractivity contribution is 7.13. The second-order valence-corrected chi connectivity index (χ2v) is 6.93. The summed E-state index contributed by atoms with van der Waals surface area (Å²) in [6.07, 6.45) is 0. The molecule has 0 saturated carbocycles. The number of methoxy groups -OCH3 is 1. The highest BCUT2D eigenvalue weighted by atomic mass is 32.1. The molecular formula is C20H14FN3O4S. The first-order chi connectivity index (χ1) is 14.1. The Morgan fingerprint density at radius 2 is 2.07 bits per heavy atom. The van der Waals surface area contributed by atoms with E-state index in [0.29, 0.717) is 5.69 Å². The van der Waals surface area contributed by atoms with Gasteiger partial charge in [-0.2, -0.15) is 0 Å². The molecule has 3 aromatic heterocycles. The number of rotatable bonds is 5. The predicted octanol–water partition coefficient (Wildman–Crippen LogP) is 3.66. The third kappa shape index (κ3) is 3.59. The number of fused-ring (bicyclic) bond motifs is 1. The van der Waals surface area contributed by atoms with Gasteiger partial charge in [0.1, 0.15) is 18.1 Å². The predicted molar refractivity (Wildman–Crippen MR) is 105 cm³/mol. The van der Waals surface area contributed by atoms with Crippen molar-refractivity contribution in [1.29, 1.82) is 0 Å². The molecule has 1 N–H and O–H groups in total. The topological polar surface area (TPSA) is 94.3 Å². The maximum Gasteiger partial charge on any atom is 0.325 e. The summed E-state index contributed by atoms with van der Waals surface area (Å²) >= 11 is 1.44. The average molecular weight is 411 g/mol. The van der Waals surface area contributed by atoms with Gasteiger partial charge in [0.05, 0.1) is 28.6 Å². The van der Waals surface area contributed by atoms with E-state index >= 15 is 0 Å². The number of hydrogen-bond acceptors (Lipinski definition) is 7. The highest BCUT2D eigenvalue weighted by Gasteiger charge is 2.24. The van der Waals surface area contributed by atoms with Crippen molar-refractivity contribution >= 4 is 34.3 Å². The number of benzene rings is 1. The van der Waals surface area contributed by atoms with E-state index in [1.807, 2.05) is 17.5 Å². The van der Waals surface area contributed by atoms with Crippen LogP contribution < -0.4 is 5.32 Å². The molecule has 1 amide bonds. The maximum absolute atomic E-state index is 14.4. The van der Waals surface area contributed by atoms with Gasteiger partial charge >= 0.3 is 5.97 Å². The zero-order valence-electron chi connectivity index (χ0n) is 15.1. The lowest BCUT2D eigenvalue weighted by Crippen LogP contribution is -2.30. The molecule has 4 rings (SSSR count). The molecule has 1 aromatic carbocycles. The van der Waals surface area contributed by atoms with Crippen LogP contribution in [-0.4, -0.2) is 35.7 Å². The number of nitrogens with one attached hydrogen (secondary N) is 1. The van der Waals surface area contributed by atoms with Gasteiger partial charge in [0.25, 0.3) is 11.6 Å². The Balaban J connectivity index is 1.89. The molecule has 146 valence electrons. The Morgan fingerprint density at radius 1 is 1.24 bits per heavy atom. The fourth-order valence-corrected chi connectivity index (χ4v) is 3.52. The fourth-order valence-electron chi connectivity index (χ4n) is 2.84. The number of aromatic nitrogens is 2. The number of carbonyl (C=O) groups is 2. The van der Waals surface area contributed by atoms with Crippen LogP contribution in [0.3, 0.4) is 0 Å². The summed E-state index contributed by atoms with van der Waals surface area (Å²) in [7, 11) is 1.23. The van der Waals surface area contributed by atoms with Gasteiger partial charge in [0.2, 0.25) is 0 Å². The zero-order chi connectivity index (χ0) is 20.4. The molecule has 0 unspecified atom stereocenters. The lowest BCUT2D eigenvalue weighted by Gasteiger charge is -2.08. The first-order valence-electron chi connectivity index (χ1n) is 8.52. The van der Waals surface area contributed by atoms with Crippen molar-refractivity contribution in [1.82, 2.24) is 15.5 Å². The maximum atomic E-state index is 14.4. The van der Waals surface area contributed by atoms with Crippen molar-refractivity contribution in [3.63, 3.8) is 0 Å². The van der Waals surface area contributed by atoms with Gasteiger partial charge in [-0.25, -0.2) is 9.37 Å². The highest BCUT2D eigenvalue weighted by Crippen LogP contribution is 2.34. The van der Waals surface area contributed by atoms with Gasteiger partial charge < -0.3 is 14.6 Å². The normalized spacial score (nSPS) is 10.8. The summed E-state index contributed by atoms with van der Waals surface area (Å²) in [5.74, 6) is -1.66. The van der Waals surface area contributed by atoms with E-state index in [2.05, 4.69) is 20.2 Å². The molecule has 9 heteroatoms. The van der Waals surface area contributed by atoms with Crippen LogP contribution in [0.5, 0.6) is 0 Å². The van der Waals surface area contributed by atoms with Crippen molar-refractivity contribution in [2.75, 3.05) is 13.7 Å². The molecule has 0 bridgehead atoms. The Hall–Kier alpha value is -3.59. The van der Waals surface area contributed by atoms with Gasteiger partial charge in [-0.3, -0.25) is 9.59 Å². The zero-order valence-corrected chi connectivity index (χ0v) is 16.0. The lowest BCUT2D eigenvalue weighted by molar-refractivity contribution is -0.139. The van der Waals surface area contributed by atoms with Crippen LogP contribution in [0.1, 0.15) is 10.4 Å². The van der Waals surface area contributed by atoms with E-state index < -0.39 is 17.7 Å². The van der Waals surface area contributed by atoms with Crippen molar-refractivity contribution in [2.24, 2.45) is 0 Å². The Kier molecular flexibility index (Phi) is 5.05. The summed E-state index contributed by atoms with van der Waals surface area (Å²) in [4.78, 5) is 29.5. The number of hydrogen-bond donors (Lipinski definition) is 1. The van der Waals surface area contributed by atoms with E-state index in [1.54, 1.807) is 18.2 Å². The van der Waals surface area contributed by atoms with Crippen molar-refractivity contribution < 1.29 is 23.2 Å². The smallest absolute Gasteiger partial charge is 0.325 e. The third-order valence-corrected chi connectivity index (χ3v) is 5.11. The van der Waals surface area contributed by atoms with Crippen molar-refractivity contribution in [3.8, 4) is 21.8 Å². The van der Waals surface area contributed by atoms with Gasteiger partial charge in [-0.1, -0.05) is 23.4 Å². The van der Waals surface area contributed by atoms with E-state index in [1.165, 1.54) is 30.6 Å². The molecule has 29 heavy (non-hydrogen) atoms. The van der Waals surface area contributed by atoms with Crippen LogP contribution in [0, 0.1) is 5.82 Å². The molecule has 0 spiro atoms. The SMILES string of the molecule is COC(=O)CNC(=O)c1cc(-c2cccs2)nc2onc(-c3ccccc3F)c12. The number of halogens is 1. The number of pyridine rings is 1. The Labute approximate surface area is 168 Å². The molecule has 0 aliphatic carbocycles. The number of esters is 1. The molecule has 0 aliphatic rings. The quantitative estimate of drug-likeness (QED) is 0.504. The summed E-state index contributed by atoms with van der Waals surface area (Å²) in [5, 5.41) is 8.59. The van der Waals surface area contributed by atoms with Crippen LogP contribution in [0.15, 0.2) is 52.4 Å². The third-order valence-electron chi connectivity index (χ3n) is 4.21. The summed E-state index contributed by atoms with van der Waals surface area (Å²) in [6, 6.07) is 11.3. The number of nitrogens with zero attached hydrogens (tertiary/aromatic N) is 2. The second-order valence-electron chi connectivity index (χ2n) is 5.98. The Bertz CT molecular complexity index is 1200. The lowest BCUT2D eigenvalue weighted by atomic mass is 10.0. The van der Waals surface area contributed by atoms with E-state index in [-0.39, 0.29) is 34.5 Å². The minimum Gasteiger partial charge on any atom is -0.468 e. The molecule has 0 saturated heterocycles. The molecule has 0 fully saturated rings. The first kappa shape index (κ1) is 18.8. The minimum atomic E-state index is -0.596. The van der Waals surface area contributed by atoms with E-state index in [9.17, 15) is 14.0 Å². The number of thiophene rings is 1. The van der Waals surface area contributed by atoms with Gasteiger partial charge in [0.15, 0.2) is 0 Å². The number of amides is 1. The molecule has 7 nitrogen and oxygen atoms in total. The van der Waals surface area contributed by atoms with Crippen molar-refractivity contribution in [3.05, 3.63) is 59.2 Å². The second kappa shape index (κ2) is 7.80. The van der Waals surface area contributed by atoms with E-state index in [0.717, 1.165) is 4.88 Å². The molecular weight excluding hydrogens is 397 g/mol. The molecule has 0 aliphatic heterocycles. The summed E-state index contributed by atoms with van der Waals surface area (Å²) < 4.78 is 24.2. The molecule has 3 heterocycles. The van der Waals surface area contributed by atoms with Crippen LogP contribution in [0.4, 0.5) is 4.39 Å². The molecule has 4 aromatic rings. The van der Waals surface area contributed by atoms with Crippen molar-refractivity contribution in [2.45, 2.75) is 0 Å². The summed E-state index contributed by atoms with van der Waals surface area (Å²) in [5.41, 5.74) is 1.11. The first-order valence-corrected chi connectivity index (χ1v) is 9.40. The van der Waals surface area contributed by atoms with Crippen LogP contribution >= 0.6 is 11.3 Å². The van der Waals surface area contributed by atoms with Crippen LogP contribution in [0.25, 0.3) is 32.9 Å². The van der Waals surface area contributed by atoms with Gasteiger partial charge in [-0.15, -0.1) is 11.3 Å². The monoisotopic (exact) mass is 411 g/mol. The number of ether oxygens (including phenoxy) is 1. The molecule has 0 radical (unpaired) electrons. The fraction of sp³-hybridized carbons (Fsp3) is 0.100. The Morgan fingerprint density at radius 3 is 2.79 bits per heavy atom. The van der Waals surface area contributed by atoms with Gasteiger partial charge in [-0.05, 0) is 29.6 Å². The van der Waals surface area contributed by atoms with Crippen LogP contribution in [-0.2, 0) is 9.53 Å². The minimum absolute atomic E-state index is 0.0948. The van der Waals surface area contributed by atoms with Gasteiger partial charge in [0, 0.05) is 5.56 Å². The molecule has 0 atom stereocenters. The standard InChI is InChI=1S/C20H14FN3O4S/c1-27-16(25)10-22-19(26)12-9-14(15-7-4-8-29-15)23-20-17(12)18(24-28-20)11-5-2-3-6-13(11)21/h2-9H,10H2,1H3,(H,22,26). The summed E-state index contributed by atoms with van der Waals surface area (Å²) in [6.45, 7) is -0.312. The van der Waals surface area contributed by atoms with E-state index in [4.69, 9.17) is 4.52 Å².